The van der Waals surface area contributed by atoms with E-state index in [1.807, 2.05) is 23.1 Å². The number of fused-ring (bicyclic) bond motifs is 3. The van der Waals surface area contributed by atoms with Gasteiger partial charge in [0.15, 0.2) is 0 Å². The minimum absolute atomic E-state index is 0.256. The summed E-state index contributed by atoms with van der Waals surface area (Å²) in [5, 5.41) is 1.27. The van der Waals surface area contributed by atoms with Crippen molar-refractivity contribution in [2.75, 3.05) is 6.54 Å². The molecule has 0 radical (unpaired) electrons. The normalized spacial score (nSPS) is 14.0. The molecule has 1 aliphatic rings. The summed E-state index contributed by atoms with van der Waals surface area (Å²) in [6.45, 7) is 3.66. The van der Waals surface area contributed by atoms with E-state index in [9.17, 15) is 4.79 Å². The number of aromatic amines is 1. The Morgan fingerprint density at radius 1 is 1.17 bits per heavy atom. The van der Waals surface area contributed by atoms with Crippen molar-refractivity contribution in [2.45, 2.75) is 32.7 Å². The molecule has 0 fully saturated rings. The van der Waals surface area contributed by atoms with Gasteiger partial charge < -0.3 is 9.88 Å². The third-order valence-electron chi connectivity index (χ3n) is 4.95. The van der Waals surface area contributed by atoms with Crippen LogP contribution in [0.3, 0.4) is 0 Å². The summed E-state index contributed by atoms with van der Waals surface area (Å²) in [6, 6.07) is 16.7. The number of hydrogen-bond donors (Lipinski definition) is 1. The van der Waals surface area contributed by atoms with Crippen LogP contribution >= 0.6 is 0 Å². The molecule has 3 heteroatoms. The highest BCUT2D eigenvalue weighted by molar-refractivity contribution is 5.86. The van der Waals surface area contributed by atoms with Crippen molar-refractivity contribution >= 4 is 16.8 Å². The van der Waals surface area contributed by atoms with E-state index in [-0.39, 0.29) is 5.91 Å². The summed E-state index contributed by atoms with van der Waals surface area (Å²) in [7, 11) is 0. The molecule has 122 valence electrons. The van der Waals surface area contributed by atoms with Crippen LogP contribution in [-0.2, 0) is 24.2 Å². The molecule has 0 spiro atoms. The van der Waals surface area contributed by atoms with Crippen LogP contribution in [0.15, 0.2) is 48.5 Å². The Bertz CT molecular complexity index is 879. The highest BCUT2D eigenvalue weighted by atomic mass is 16.2. The molecule has 0 atom stereocenters. The molecular formula is C21H22N2O. The van der Waals surface area contributed by atoms with Crippen LogP contribution in [0.5, 0.6) is 0 Å². The second-order valence-corrected chi connectivity index (χ2v) is 6.68. The fourth-order valence-electron chi connectivity index (χ4n) is 3.59. The SMILES string of the molecule is Cc1ccc2[nH]c3c(c2c1)CN(C(=O)CCc1ccccc1)CC3. The standard InChI is InChI=1S/C21H22N2O/c1-15-7-9-19-17(13-15)18-14-23(12-11-20(18)22-19)21(24)10-8-16-5-3-2-4-6-16/h2-7,9,13,22H,8,10-12,14H2,1H3. The lowest BCUT2D eigenvalue weighted by molar-refractivity contribution is -0.132. The number of benzene rings is 2. The van der Waals surface area contributed by atoms with Gasteiger partial charge in [-0.05, 0) is 31.0 Å². The molecule has 3 aromatic rings. The molecule has 1 N–H and O–H groups in total. The molecule has 0 unspecified atom stereocenters. The van der Waals surface area contributed by atoms with Gasteiger partial charge >= 0.3 is 0 Å². The Hall–Kier alpha value is -2.55. The first-order valence-electron chi connectivity index (χ1n) is 8.62. The molecule has 2 aromatic carbocycles. The van der Waals surface area contributed by atoms with Gasteiger partial charge in [0.05, 0.1) is 0 Å². The quantitative estimate of drug-likeness (QED) is 0.778. The molecule has 2 heterocycles. The number of nitrogens with zero attached hydrogens (tertiary/aromatic N) is 1. The van der Waals surface area contributed by atoms with Crippen LogP contribution in [0.1, 0.15) is 28.8 Å². The zero-order valence-corrected chi connectivity index (χ0v) is 14.0. The summed E-state index contributed by atoms with van der Waals surface area (Å²) in [4.78, 5) is 18.2. The van der Waals surface area contributed by atoms with Crippen LogP contribution in [0.4, 0.5) is 0 Å². The summed E-state index contributed by atoms with van der Waals surface area (Å²) in [6.07, 6.45) is 2.32. The van der Waals surface area contributed by atoms with E-state index in [2.05, 4.69) is 42.2 Å². The molecule has 0 aliphatic carbocycles. The first-order chi connectivity index (χ1) is 11.7. The van der Waals surface area contributed by atoms with Gasteiger partial charge in [-0.1, -0.05) is 42.0 Å². The van der Waals surface area contributed by atoms with E-state index in [1.54, 1.807) is 0 Å². The fourth-order valence-corrected chi connectivity index (χ4v) is 3.59. The van der Waals surface area contributed by atoms with E-state index in [4.69, 9.17) is 0 Å². The highest BCUT2D eigenvalue weighted by Crippen LogP contribution is 2.28. The average molecular weight is 318 g/mol. The van der Waals surface area contributed by atoms with Gasteiger partial charge in [0.1, 0.15) is 0 Å². The number of carbonyl (C=O) groups excluding carboxylic acids is 1. The number of carbonyl (C=O) groups is 1. The number of nitrogens with one attached hydrogen (secondary N) is 1. The smallest absolute Gasteiger partial charge is 0.223 e. The van der Waals surface area contributed by atoms with Crippen molar-refractivity contribution in [3.63, 3.8) is 0 Å². The van der Waals surface area contributed by atoms with Gasteiger partial charge in [0, 0.05) is 48.1 Å². The Morgan fingerprint density at radius 2 is 2.00 bits per heavy atom. The first-order valence-corrected chi connectivity index (χ1v) is 8.62. The zero-order valence-electron chi connectivity index (χ0n) is 14.0. The lowest BCUT2D eigenvalue weighted by Crippen LogP contribution is -2.35. The number of aryl methyl sites for hydroxylation is 2. The molecule has 24 heavy (non-hydrogen) atoms. The van der Waals surface area contributed by atoms with E-state index in [0.717, 1.165) is 25.9 Å². The van der Waals surface area contributed by atoms with E-state index >= 15 is 0 Å². The van der Waals surface area contributed by atoms with Gasteiger partial charge in [-0.25, -0.2) is 0 Å². The maximum Gasteiger partial charge on any atom is 0.223 e. The van der Waals surface area contributed by atoms with Crippen molar-refractivity contribution in [3.05, 3.63) is 70.9 Å². The lowest BCUT2D eigenvalue weighted by atomic mass is 10.0. The van der Waals surface area contributed by atoms with Gasteiger partial charge in [0.25, 0.3) is 0 Å². The Kier molecular flexibility index (Phi) is 3.85. The molecule has 1 aromatic heterocycles. The maximum absolute atomic E-state index is 12.6. The van der Waals surface area contributed by atoms with E-state index in [0.29, 0.717) is 6.42 Å². The number of rotatable bonds is 3. The van der Waals surface area contributed by atoms with Crippen LogP contribution in [-0.4, -0.2) is 22.3 Å². The minimum atomic E-state index is 0.256. The molecular weight excluding hydrogens is 296 g/mol. The number of amides is 1. The van der Waals surface area contributed by atoms with Gasteiger partial charge in [-0.2, -0.15) is 0 Å². The minimum Gasteiger partial charge on any atom is -0.358 e. The Labute approximate surface area is 142 Å². The number of hydrogen-bond acceptors (Lipinski definition) is 1. The van der Waals surface area contributed by atoms with Crippen molar-refractivity contribution < 1.29 is 4.79 Å². The summed E-state index contributed by atoms with van der Waals surface area (Å²) in [5.41, 5.74) is 6.27. The monoisotopic (exact) mass is 318 g/mol. The summed E-state index contributed by atoms with van der Waals surface area (Å²) in [5.74, 6) is 0.256. The fraction of sp³-hybridized carbons (Fsp3) is 0.286. The Morgan fingerprint density at radius 3 is 2.83 bits per heavy atom. The topological polar surface area (TPSA) is 36.1 Å². The van der Waals surface area contributed by atoms with Gasteiger partial charge in [0.2, 0.25) is 5.91 Å². The van der Waals surface area contributed by atoms with Crippen molar-refractivity contribution in [1.29, 1.82) is 0 Å². The molecule has 0 bridgehead atoms. The van der Waals surface area contributed by atoms with Crippen molar-refractivity contribution in [1.82, 2.24) is 9.88 Å². The predicted octanol–water partition coefficient (Wildman–Crippen LogP) is 3.99. The second kappa shape index (κ2) is 6.16. The summed E-state index contributed by atoms with van der Waals surface area (Å²) < 4.78 is 0. The number of aromatic nitrogens is 1. The molecule has 0 saturated heterocycles. The number of H-pyrrole nitrogens is 1. The van der Waals surface area contributed by atoms with E-state index < -0.39 is 0 Å². The molecule has 3 nitrogen and oxygen atoms in total. The van der Waals surface area contributed by atoms with Crippen molar-refractivity contribution in [3.8, 4) is 0 Å². The molecule has 1 aliphatic heterocycles. The summed E-state index contributed by atoms with van der Waals surface area (Å²) >= 11 is 0. The third-order valence-corrected chi connectivity index (χ3v) is 4.95. The lowest BCUT2D eigenvalue weighted by Gasteiger charge is -2.27. The Balaban J connectivity index is 1.50. The third kappa shape index (κ3) is 2.82. The van der Waals surface area contributed by atoms with Crippen LogP contribution < -0.4 is 0 Å². The van der Waals surface area contributed by atoms with E-state index in [1.165, 1.54) is 33.3 Å². The zero-order chi connectivity index (χ0) is 16.5. The maximum atomic E-state index is 12.6. The van der Waals surface area contributed by atoms with Crippen LogP contribution in [0.2, 0.25) is 0 Å². The van der Waals surface area contributed by atoms with Crippen molar-refractivity contribution in [2.24, 2.45) is 0 Å². The van der Waals surface area contributed by atoms with Crippen LogP contribution in [0.25, 0.3) is 10.9 Å². The predicted molar refractivity (Wildman–Crippen MR) is 96.9 cm³/mol. The highest BCUT2D eigenvalue weighted by Gasteiger charge is 2.23. The van der Waals surface area contributed by atoms with Crippen LogP contribution in [0, 0.1) is 6.92 Å². The van der Waals surface area contributed by atoms with Gasteiger partial charge in [-0.15, -0.1) is 0 Å². The van der Waals surface area contributed by atoms with Gasteiger partial charge in [-0.3, -0.25) is 4.79 Å². The average Bonchev–Trinajstić information content (AvgIpc) is 2.97. The molecule has 0 saturated carbocycles. The largest absolute Gasteiger partial charge is 0.358 e. The molecule has 1 amide bonds. The first kappa shape index (κ1) is 15.0. The second-order valence-electron chi connectivity index (χ2n) is 6.68. The molecule has 4 rings (SSSR count).